The number of anilines is 1. The Hall–Kier alpha value is -1.55. The molecule has 1 aliphatic rings. The van der Waals surface area contributed by atoms with Crippen molar-refractivity contribution in [2.24, 2.45) is 0 Å². The summed E-state index contributed by atoms with van der Waals surface area (Å²) in [6.07, 6.45) is 2.11. The van der Waals surface area contributed by atoms with E-state index in [4.69, 9.17) is 10.5 Å². The number of nitrogen functional groups attached to an aromatic ring is 1. The van der Waals surface area contributed by atoms with E-state index in [2.05, 4.69) is 0 Å². The van der Waals surface area contributed by atoms with Crippen molar-refractivity contribution in [2.75, 3.05) is 25.9 Å². The first-order valence-corrected chi connectivity index (χ1v) is 5.88. The predicted molar refractivity (Wildman–Crippen MR) is 66.8 cm³/mol. The molecule has 1 aliphatic heterocycles. The molecule has 4 heteroatoms. The van der Waals surface area contributed by atoms with Gasteiger partial charge in [-0.15, -0.1) is 0 Å². The third-order valence-electron chi connectivity index (χ3n) is 3.20. The highest BCUT2D eigenvalue weighted by Gasteiger charge is 2.23. The lowest BCUT2D eigenvalue weighted by Gasteiger charge is -2.31. The van der Waals surface area contributed by atoms with Gasteiger partial charge in [-0.05, 0) is 31.0 Å². The van der Waals surface area contributed by atoms with Crippen LogP contribution in [0.4, 0.5) is 5.69 Å². The summed E-state index contributed by atoms with van der Waals surface area (Å²) >= 11 is 0. The molecule has 0 bridgehead atoms. The highest BCUT2D eigenvalue weighted by Crippen LogP contribution is 2.16. The minimum Gasteiger partial charge on any atom is -0.399 e. The van der Waals surface area contributed by atoms with Gasteiger partial charge in [-0.2, -0.15) is 0 Å². The van der Waals surface area contributed by atoms with Crippen molar-refractivity contribution >= 4 is 11.6 Å². The maximum Gasteiger partial charge on any atom is 0.253 e. The molecule has 1 fully saturated rings. The Morgan fingerprint density at radius 3 is 2.71 bits per heavy atom. The number of methoxy groups -OCH3 is 1. The van der Waals surface area contributed by atoms with Crippen LogP contribution in [0.2, 0.25) is 0 Å². The summed E-state index contributed by atoms with van der Waals surface area (Å²) in [4.78, 5) is 14.0. The summed E-state index contributed by atoms with van der Waals surface area (Å²) in [6, 6.07) is 7.13. The maximum atomic E-state index is 12.2. The Balaban J connectivity index is 2.02. The van der Waals surface area contributed by atoms with Crippen molar-refractivity contribution in [1.82, 2.24) is 4.90 Å². The van der Waals surface area contributed by atoms with Crippen molar-refractivity contribution < 1.29 is 9.53 Å². The summed E-state index contributed by atoms with van der Waals surface area (Å²) in [6.45, 7) is 1.51. The summed E-state index contributed by atoms with van der Waals surface area (Å²) in [5.74, 6) is 0.0619. The van der Waals surface area contributed by atoms with Gasteiger partial charge in [0.2, 0.25) is 0 Å². The van der Waals surface area contributed by atoms with E-state index in [1.54, 1.807) is 25.3 Å². The van der Waals surface area contributed by atoms with Crippen LogP contribution in [0.25, 0.3) is 0 Å². The molecule has 0 unspecified atom stereocenters. The molecule has 1 amide bonds. The molecule has 2 N–H and O–H groups in total. The largest absolute Gasteiger partial charge is 0.399 e. The van der Waals surface area contributed by atoms with E-state index in [1.165, 1.54) is 0 Å². The van der Waals surface area contributed by atoms with Gasteiger partial charge in [0, 0.05) is 31.5 Å². The number of benzene rings is 1. The van der Waals surface area contributed by atoms with Gasteiger partial charge < -0.3 is 15.4 Å². The minimum absolute atomic E-state index is 0.0619. The fourth-order valence-corrected chi connectivity index (χ4v) is 2.15. The monoisotopic (exact) mass is 234 g/mol. The lowest BCUT2D eigenvalue weighted by molar-refractivity contribution is 0.0351. The van der Waals surface area contributed by atoms with Crippen LogP contribution in [0.1, 0.15) is 23.2 Å². The van der Waals surface area contributed by atoms with Crippen LogP contribution in [-0.2, 0) is 4.74 Å². The van der Waals surface area contributed by atoms with E-state index in [-0.39, 0.29) is 5.91 Å². The van der Waals surface area contributed by atoms with Crippen molar-refractivity contribution in [3.63, 3.8) is 0 Å². The van der Waals surface area contributed by atoms with Gasteiger partial charge in [0.25, 0.3) is 5.91 Å². The van der Waals surface area contributed by atoms with Crippen LogP contribution >= 0.6 is 0 Å². The maximum absolute atomic E-state index is 12.2. The highest BCUT2D eigenvalue weighted by molar-refractivity contribution is 5.95. The number of nitrogens with two attached hydrogens (primary N) is 1. The van der Waals surface area contributed by atoms with Gasteiger partial charge >= 0.3 is 0 Å². The normalized spacial score (nSPS) is 17.1. The zero-order chi connectivity index (χ0) is 12.3. The second-order valence-electron chi connectivity index (χ2n) is 4.35. The van der Waals surface area contributed by atoms with Gasteiger partial charge in [0.05, 0.1) is 6.10 Å². The molecular weight excluding hydrogens is 216 g/mol. The van der Waals surface area contributed by atoms with Crippen LogP contribution in [0.15, 0.2) is 24.3 Å². The second-order valence-corrected chi connectivity index (χ2v) is 4.35. The van der Waals surface area contributed by atoms with Crippen LogP contribution in [0.3, 0.4) is 0 Å². The fourth-order valence-electron chi connectivity index (χ4n) is 2.15. The molecule has 17 heavy (non-hydrogen) atoms. The Kier molecular flexibility index (Phi) is 3.64. The Morgan fingerprint density at radius 2 is 2.12 bits per heavy atom. The number of amides is 1. The number of rotatable bonds is 2. The first-order valence-electron chi connectivity index (χ1n) is 5.88. The average molecular weight is 234 g/mol. The molecule has 1 aromatic carbocycles. The Morgan fingerprint density at radius 1 is 1.41 bits per heavy atom. The van der Waals surface area contributed by atoms with E-state index < -0.39 is 0 Å². The summed E-state index contributed by atoms with van der Waals surface area (Å²) < 4.78 is 5.29. The van der Waals surface area contributed by atoms with Gasteiger partial charge in [0.1, 0.15) is 0 Å². The number of likely N-dealkylation sites (tertiary alicyclic amines) is 1. The Labute approximate surface area is 101 Å². The fraction of sp³-hybridized carbons (Fsp3) is 0.462. The zero-order valence-electron chi connectivity index (χ0n) is 10.1. The summed E-state index contributed by atoms with van der Waals surface area (Å²) in [7, 11) is 1.72. The topological polar surface area (TPSA) is 55.6 Å². The molecule has 0 spiro atoms. The predicted octanol–water partition coefficient (Wildman–Crippen LogP) is 1.52. The lowest BCUT2D eigenvalue weighted by Crippen LogP contribution is -2.40. The minimum atomic E-state index is 0.0619. The standard InChI is InChI=1S/C13H18N2O2/c1-17-12-5-7-15(8-6-12)13(16)10-3-2-4-11(14)9-10/h2-4,9,12H,5-8,14H2,1H3. The van der Waals surface area contributed by atoms with Crippen molar-refractivity contribution in [3.05, 3.63) is 29.8 Å². The molecule has 0 saturated carbocycles. The van der Waals surface area contributed by atoms with Crippen LogP contribution in [0.5, 0.6) is 0 Å². The van der Waals surface area contributed by atoms with Crippen molar-refractivity contribution in [2.45, 2.75) is 18.9 Å². The highest BCUT2D eigenvalue weighted by atomic mass is 16.5. The van der Waals surface area contributed by atoms with E-state index in [1.807, 2.05) is 11.0 Å². The third kappa shape index (κ3) is 2.77. The van der Waals surface area contributed by atoms with E-state index >= 15 is 0 Å². The van der Waals surface area contributed by atoms with Crippen LogP contribution in [0, 0.1) is 0 Å². The van der Waals surface area contributed by atoms with Crippen LogP contribution in [-0.4, -0.2) is 37.1 Å². The van der Waals surface area contributed by atoms with E-state index in [0.29, 0.717) is 17.4 Å². The lowest BCUT2D eigenvalue weighted by atomic mass is 10.1. The smallest absolute Gasteiger partial charge is 0.253 e. The number of nitrogens with zero attached hydrogens (tertiary/aromatic N) is 1. The van der Waals surface area contributed by atoms with Gasteiger partial charge in [-0.1, -0.05) is 6.07 Å². The molecule has 1 heterocycles. The summed E-state index contributed by atoms with van der Waals surface area (Å²) in [5, 5.41) is 0. The molecular formula is C13H18N2O2. The molecule has 2 rings (SSSR count). The zero-order valence-corrected chi connectivity index (χ0v) is 10.1. The molecule has 1 saturated heterocycles. The quantitative estimate of drug-likeness (QED) is 0.789. The molecule has 4 nitrogen and oxygen atoms in total. The van der Waals surface area contributed by atoms with Gasteiger partial charge in [-0.25, -0.2) is 0 Å². The van der Waals surface area contributed by atoms with Gasteiger partial charge in [0.15, 0.2) is 0 Å². The summed E-state index contributed by atoms with van der Waals surface area (Å²) in [5.41, 5.74) is 6.97. The second kappa shape index (κ2) is 5.19. The number of hydrogen-bond acceptors (Lipinski definition) is 3. The van der Waals surface area contributed by atoms with E-state index in [9.17, 15) is 4.79 Å². The first kappa shape index (κ1) is 11.9. The van der Waals surface area contributed by atoms with Crippen molar-refractivity contribution in [1.29, 1.82) is 0 Å². The molecule has 0 atom stereocenters. The number of carbonyl (C=O) groups excluding carboxylic acids is 1. The average Bonchev–Trinajstić information content (AvgIpc) is 2.38. The number of ether oxygens (including phenoxy) is 1. The molecule has 0 aromatic heterocycles. The van der Waals surface area contributed by atoms with Crippen LogP contribution < -0.4 is 5.73 Å². The molecule has 0 aliphatic carbocycles. The Bertz CT molecular complexity index is 398. The van der Waals surface area contributed by atoms with E-state index in [0.717, 1.165) is 25.9 Å². The SMILES string of the molecule is COC1CCN(C(=O)c2cccc(N)c2)CC1. The first-order chi connectivity index (χ1) is 8.20. The van der Waals surface area contributed by atoms with Crippen molar-refractivity contribution in [3.8, 4) is 0 Å². The third-order valence-corrected chi connectivity index (χ3v) is 3.20. The number of carbonyl (C=O) groups is 1. The molecule has 92 valence electrons. The number of piperidine rings is 1. The molecule has 1 aromatic rings. The van der Waals surface area contributed by atoms with Gasteiger partial charge in [-0.3, -0.25) is 4.79 Å². The number of hydrogen-bond donors (Lipinski definition) is 1. The molecule has 0 radical (unpaired) electrons.